The molecule has 0 saturated carbocycles. The molecule has 0 spiro atoms. The van der Waals surface area contributed by atoms with Gasteiger partial charge in [-0.05, 0) is 54.7 Å². The summed E-state index contributed by atoms with van der Waals surface area (Å²) in [5.74, 6) is 0.760. The van der Waals surface area contributed by atoms with Crippen LogP contribution in [0.3, 0.4) is 0 Å². The summed E-state index contributed by atoms with van der Waals surface area (Å²) in [6.45, 7) is 0.528. The number of nitrogens with one attached hydrogen (secondary N) is 1. The molecule has 2 heterocycles. The van der Waals surface area contributed by atoms with Gasteiger partial charge in [0.05, 0.1) is 28.6 Å². The first-order valence-corrected chi connectivity index (χ1v) is 10.8. The molecule has 0 unspecified atom stereocenters. The van der Waals surface area contributed by atoms with Gasteiger partial charge in [0.15, 0.2) is 10.6 Å². The number of anilines is 2. The quantitative estimate of drug-likeness (QED) is 0.335. The fraction of sp³-hybridized carbons (Fsp3) is 0.0476. The van der Waals surface area contributed by atoms with Crippen molar-refractivity contribution in [3.63, 3.8) is 0 Å². The van der Waals surface area contributed by atoms with E-state index in [1.54, 1.807) is 23.9 Å². The minimum atomic E-state index is 0.483. The highest BCUT2D eigenvalue weighted by atomic mass is 35.5. The Morgan fingerprint density at radius 2 is 1.55 bits per heavy atom. The molecule has 0 saturated heterocycles. The highest BCUT2D eigenvalue weighted by Crippen LogP contribution is 2.48. The Bertz CT molecular complexity index is 1240. The van der Waals surface area contributed by atoms with Crippen LogP contribution < -0.4 is 4.90 Å². The Kier molecular flexibility index (Phi) is 4.87. The normalized spacial score (nSPS) is 12.6. The van der Waals surface area contributed by atoms with Crippen molar-refractivity contribution >= 4 is 58.6 Å². The van der Waals surface area contributed by atoms with Crippen molar-refractivity contribution in [1.29, 1.82) is 0 Å². The number of hydrogen-bond donors (Lipinski definition) is 1. The molecule has 3 aromatic carbocycles. The van der Waals surface area contributed by atoms with E-state index in [-0.39, 0.29) is 0 Å². The molecule has 1 aliphatic heterocycles. The van der Waals surface area contributed by atoms with Crippen LogP contribution in [0.15, 0.2) is 76.5 Å². The van der Waals surface area contributed by atoms with Crippen molar-refractivity contribution < 1.29 is 0 Å². The predicted octanol–water partition coefficient (Wildman–Crippen LogP) is 7.04. The second-order valence-electron chi connectivity index (χ2n) is 6.50. The van der Waals surface area contributed by atoms with Crippen LogP contribution in [0.4, 0.5) is 11.4 Å². The van der Waals surface area contributed by atoms with E-state index in [1.807, 2.05) is 22.8 Å². The molecule has 0 aliphatic carbocycles. The lowest BCUT2D eigenvalue weighted by molar-refractivity contribution is 0.816. The van der Waals surface area contributed by atoms with Gasteiger partial charge in [0.25, 0.3) is 0 Å². The van der Waals surface area contributed by atoms with Gasteiger partial charge in [-0.1, -0.05) is 59.2 Å². The molecule has 4 aromatic rings. The van der Waals surface area contributed by atoms with Crippen LogP contribution in [-0.4, -0.2) is 14.8 Å². The topological polar surface area (TPSA) is 36.9 Å². The number of rotatable bonds is 3. The lowest BCUT2D eigenvalue weighted by Crippen LogP contribution is -2.22. The Morgan fingerprint density at radius 3 is 2.21 bits per heavy atom. The molecule has 0 atom stereocenters. The molecule has 0 bridgehead atoms. The molecule has 1 aromatic heterocycles. The molecule has 4 nitrogen and oxygen atoms in total. The molecule has 0 radical (unpaired) electrons. The third-order valence-electron chi connectivity index (χ3n) is 4.72. The number of nitrogens with zero attached hydrogens (tertiary/aromatic N) is 3. The first kappa shape index (κ1) is 18.8. The van der Waals surface area contributed by atoms with Gasteiger partial charge in [-0.25, -0.2) is 0 Å². The summed E-state index contributed by atoms with van der Waals surface area (Å²) in [7, 11) is 0. The first-order chi connectivity index (χ1) is 14.1. The zero-order valence-corrected chi connectivity index (χ0v) is 18.1. The largest absolute Gasteiger partial charge is 0.332 e. The summed E-state index contributed by atoms with van der Waals surface area (Å²) >= 11 is 19.8. The van der Waals surface area contributed by atoms with E-state index < -0.39 is 0 Å². The van der Waals surface area contributed by atoms with E-state index in [1.165, 1.54) is 9.79 Å². The number of halogens is 2. The monoisotopic (exact) mass is 456 g/mol. The van der Waals surface area contributed by atoms with E-state index in [0.717, 1.165) is 22.9 Å². The van der Waals surface area contributed by atoms with E-state index in [0.29, 0.717) is 21.4 Å². The van der Waals surface area contributed by atoms with Crippen LogP contribution in [0.1, 0.15) is 5.82 Å². The molecule has 1 N–H and O–H groups in total. The Morgan fingerprint density at radius 1 is 0.897 bits per heavy atom. The van der Waals surface area contributed by atoms with Crippen molar-refractivity contribution in [3.05, 3.63) is 87.4 Å². The Balaban J connectivity index is 1.63. The predicted molar refractivity (Wildman–Crippen MR) is 122 cm³/mol. The van der Waals surface area contributed by atoms with Crippen molar-refractivity contribution in [1.82, 2.24) is 14.8 Å². The minimum Gasteiger partial charge on any atom is -0.332 e. The van der Waals surface area contributed by atoms with Crippen molar-refractivity contribution in [2.45, 2.75) is 16.3 Å². The first-order valence-electron chi connectivity index (χ1n) is 8.87. The number of aromatic amines is 1. The lowest BCUT2D eigenvalue weighted by atomic mass is 10.2. The van der Waals surface area contributed by atoms with Crippen LogP contribution in [0.5, 0.6) is 0 Å². The highest BCUT2D eigenvalue weighted by molar-refractivity contribution is 7.99. The smallest absolute Gasteiger partial charge is 0.199 e. The standard InChI is InChI=1S/C21H14Cl2N4S2/c22-13-9-10-15(14(23)11-13)27-20(24-25-21(27)28)12-26-16-5-1-3-7-18(16)29-19-8-4-2-6-17(19)26/h1-11H,12H2,(H,25,28). The van der Waals surface area contributed by atoms with Gasteiger partial charge in [-0.3, -0.25) is 9.67 Å². The maximum absolute atomic E-state index is 6.46. The van der Waals surface area contributed by atoms with Gasteiger partial charge in [0.1, 0.15) is 0 Å². The summed E-state index contributed by atoms with van der Waals surface area (Å²) in [6.07, 6.45) is 0. The summed E-state index contributed by atoms with van der Waals surface area (Å²) < 4.78 is 2.35. The molecule has 29 heavy (non-hydrogen) atoms. The van der Waals surface area contributed by atoms with Gasteiger partial charge in [-0.2, -0.15) is 5.10 Å². The van der Waals surface area contributed by atoms with E-state index in [2.05, 4.69) is 51.5 Å². The molecule has 1 aliphatic rings. The third-order valence-corrected chi connectivity index (χ3v) is 6.67. The number of fused-ring (bicyclic) bond motifs is 2. The zero-order valence-electron chi connectivity index (χ0n) is 15.0. The maximum Gasteiger partial charge on any atom is 0.199 e. The highest BCUT2D eigenvalue weighted by Gasteiger charge is 2.25. The summed E-state index contributed by atoms with van der Waals surface area (Å²) in [5, 5.41) is 8.50. The second kappa shape index (κ2) is 7.54. The fourth-order valence-electron chi connectivity index (χ4n) is 3.44. The Labute approximate surface area is 187 Å². The van der Waals surface area contributed by atoms with Crippen LogP contribution >= 0.6 is 47.2 Å². The minimum absolute atomic E-state index is 0.483. The summed E-state index contributed by atoms with van der Waals surface area (Å²) in [6, 6.07) is 22.1. The van der Waals surface area contributed by atoms with Crippen molar-refractivity contribution in [2.24, 2.45) is 0 Å². The fourth-order valence-corrected chi connectivity index (χ4v) is 5.28. The number of hydrogen-bond acceptors (Lipinski definition) is 4. The van der Waals surface area contributed by atoms with Gasteiger partial charge < -0.3 is 4.90 Å². The molecule has 144 valence electrons. The molecular weight excluding hydrogens is 443 g/mol. The van der Waals surface area contributed by atoms with E-state index in [4.69, 9.17) is 35.4 Å². The van der Waals surface area contributed by atoms with Gasteiger partial charge >= 0.3 is 0 Å². The van der Waals surface area contributed by atoms with Gasteiger partial charge in [0.2, 0.25) is 0 Å². The molecule has 5 rings (SSSR count). The number of aromatic nitrogens is 3. The third kappa shape index (κ3) is 3.36. The lowest BCUT2D eigenvalue weighted by Gasteiger charge is -2.32. The van der Waals surface area contributed by atoms with Crippen LogP contribution in [0.2, 0.25) is 10.0 Å². The van der Waals surface area contributed by atoms with E-state index in [9.17, 15) is 0 Å². The van der Waals surface area contributed by atoms with Crippen molar-refractivity contribution in [2.75, 3.05) is 4.90 Å². The van der Waals surface area contributed by atoms with Crippen LogP contribution in [0.25, 0.3) is 5.69 Å². The average molecular weight is 457 g/mol. The number of para-hydroxylation sites is 2. The second-order valence-corrected chi connectivity index (χ2v) is 8.81. The van der Waals surface area contributed by atoms with Gasteiger partial charge in [-0.15, -0.1) is 0 Å². The maximum atomic E-state index is 6.46. The number of benzene rings is 3. The van der Waals surface area contributed by atoms with Crippen LogP contribution in [-0.2, 0) is 6.54 Å². The van der Waals surface area contributed by atoms with E-state index >= 15 is 0 Å². The SMILES string of the molecule is S=c1[nH]nc(CN2c3ccccc3Sc3ccccc32)n1-c1ccc(Cl)cc1Cl. The molecule has 0 fully saturated rings. The zero-order chi connectivity index (χ0) is 20.0. The van der Waals surface area contributed by atoms with Gasteiger partial charge in [0, 0.05) is 14.8 Å². The average Bonchev–Trinajstić information content (AvgIpc) is 3.08. The summed E-state index contributed by atoms with van der Waals surface area (Å²) in [4.78, 5) is 4.67. The van der Waals surface area contributed by atoms with Crippen LogP contribution in [0, 0.1) is 4.77 Å². The Hall–Kier alpha value is -2.25. The molecule has 8 heteroatoms. The summed E-state index contributed by atoms with van der Waals surface area (Å²) in [5.41, 5.74) is 3.02. The molecular formula is C21H14Cl2N4S2. The number of H-pyrrole nitrogens is 1. The van der Waals surface area contributed by atoms with Crippen molar-refractivity contribution in [3.8, 4) is 5.69 Å². The molecule has 0 amide bonds.